The van der Waals surface area contributed by atoms with Crippen LogP contribution in [0.4, 0.5) is 5.69 Å². The van der Waals surface area contributed by atoms with Crippen LogP contribution in [0.15, 0.2) is 82.0 Å². The number of benzene rings is 3. The normalized spacial score (nSPS) is 11.0. The number of aryl methyl sites for hydroxylation is 1. The number of amides is 1. The van der Waals surface area contributed by atoms with Gasteiger partial charge in [0.1, 0.15) is 5.58 Å². The number of hydrogen-bond donors (Lipinski definition) is 2. The van der Waals surface area contributed by atoms with Crippen molar-refractivity contribution in [3.63, 3.8) is 0 Å². The molecule has 0 unspecified atom stereocenters. The highest BCUT2D eigenvalue weighted by Gasteiger charge is 2.11. The molecule has 1 aromatic heterocycles. The third-order valence-corrected chi connectivity index (χ3v) is 5.82. The number of nitrogens with one attached hydrogen (secondary N) is 2. The minimum absolute atomic E-state index is 0.114. The van der Waals surface area contributed by atoms with Crippen molar-refractivity contribution in [2.24, 2.45) is 0 Å². The number of fused-ring (bicyclic) bond motifs is 1. The van der Waals surface area contributed by atoms with Crippen molar-refractivity contribution >= 4 is 69.2 Å². The SMILES string of the molecule is Cc1ccc(-c2cc3ccccc3oc2=O)cc1NC(=S)NC(=O)/C=C/c1ccc(Cl)cc1Cl. The highest BCUT2D eigenvalue weighted by atomic mass is 35.5. The van der Waals surface area contributed by atoms with Crippen molar-refractivity contribution in [3.8, 4) is 11.1 Å². The van der Waals surface area contributed by atoms with E-state index < -0.39 is 11.5 Å². The Labute approximate surface area is 211 Å². The second-order valence-electron chi connectivity index (χ2n) is 7.46. The summed E-state index contributed by atoms with van der Waals surface area (Å²) in [7, 11) is 0. The smallest absolute Gasteiger partial charge is 0.344 e. The van der Waals surface area contributed by atoms with E-state index in [1.807, 2.05) is 37.3 Å². The van der Waals surface area contributed by atoms with E-state index in [2.05, 4.69) is 10.6 Å². The molecule has 0 aliphatic heterocycles. The van der Waals surface area contributed by atoms with E-state index in [1.165, 1.54) is 6.08 Å². The van der Waals surface area contributed by atoms with Crippen LogP contribution < -0.4 is 16.3 Å². The van der Waals surface area contributed by atoms with Crippen LogP contribution in [0.2, 0.25) is 10.0 Å². The van der Waals surface area contributed by atoms with Crippen molar-refractivity contribution in [1.82, 2.24) is 5.32 Å². The first-order chi connectivity index (χ1) is 16.3. The van der Waals surface area contributed by atoms with E-state index in [0.29, 0.717) is 38.0 Å². The predicted octanol–water partition coefficient (Wildman–Crippen LogP) is 6.60. The predicted molar refractivity (Wildman–Crippen MR) is 143 cm³/mol. The van der Waals surface area contributed by atoms with Crippen molar-refractivity contribution in [2.75, 3.05) is 5.32 Å². The van der Waals surface area contributed by atoms with Gasteiger partial charge in [0.15, 0.2) is 5.11 Å². The van der Waals surface area contributed by atoms with Crippen molar-refractivity contribution < 1.29 is 9.21 Å². The van der Waals surface area contributed by atoms with Gasteiger partial charge in [0.2, 0.25) is 5.91 Å². The second-order valence-corrected chi connectivity index (χ2v) is 8.71. The maximum absolute atomic E-state index is 12.5. The molecular formula is C26H18Cl2N2O3S. The molecule has 5 nitrogen and oxygen atoms in total. The molecule has 4 aromatic rings. The first-order valence-corrected chi connectivity index (χ1v) is 11.4. The lowest BCUT2D eigenvalue weighted by atomic mass is 10.0. The Morgan fingerprint density at radius 2 is 1.82 bits per heavy atom. The number of carbonyl (C=O) groups excluding carboxylic acids is 1. The number of rotatable bonds is 4. The summed E-state index contributed by atoms with van der Waals surface area (Å²) in [4.78, 5) is 24.8. The molecule has 8 heteroatoms. The van der Waals surface area contributed by atoms with Crippen molar-refractivity contribution in [2.45, 2.75) is 6.92 Å². The molecule has 0 fully saturated rings. The topological polar surface area (TPSA) is 71.3 Å². The van der Waals surface area contributed by atoms with Crippen LogP contribution in [-0.4, -0.2) is 11.0 Å². The van der Waals surface area contributed by atoms with Crippen LogP contribution in [-0.2, 0) is 4.79 Å². The molecule has 0 atom stereocenters. The minimum atomic E-state index is -0.435. The van der Waals surface area contributed by atoms with Gasteiger partial charge in [-0.15, -0.1) is 0 Å². The van der Waals surface area contributed by atoms with Crippen LogP contribution in [0.1, 0.15) is 11.1 Å². The quantitative estimate of drug-likeness (QED) is 0.184. The third kappa shape index (κ3) is 5.54. The summed E-state index contributed by atoms with van der Waals surface area (Å²) in [6.45, 7) is 1.89. The minimum Gasteiger partial charge on any atom is -0.422 e. The standard InChI is InChI=1S/C26H18Cl2N2O3S/c1-15-6-7-17(20-12-18-4-2-3-5-23(18)33-25(20)32)13-22(15)29-26(34)30-24(31)11-9-16-8-10-19(27)14-21(16)28/h2-14H,1H3,(H2,29,30,31,34)/b11-9+. The van der Waals surface area contributed by atoms with E-state index in [-0.39, 0.29) is 5.11 Å². The van der Waals surface area contributed by atoms with Crippen molar-refractivity contribution in [3.05, 3.63) is 104 Å². The van der Waals surface area contributed by atoms with Gasteiger partial charge < -0.3 is 9.73 Å². The van der Waals surface area contributed by atoms with Gasteiger partial charge in [-0.1, -0.05) is 59.6 Å². The number of para-hydroxylation sites is 1. The summed E-state index contributed by atoms with van der Waals surface area (Å²) in [5, 5.41) is 7.49. The molecule has 34 heavy (non-hydrogen) atoms. The largest absolute Gasteiger partial charge is 0.422 e. The number of carbonyl (C=O) groups is 1. The molecule has 1 amide bonds. The van der Waals surface area contributed by atoms with Gasteiger partial charge in [0, 0.05) is 27.2 Å². The zero-order chi connectivity index (χ0) is 24.2. The van der Waals surface area contributed by atoms with Crippen LogP contribution in [0.3, 0.4) is 0 Å². The molecule has 0 aliphatic rings. The fourth-order valence-electron chi connectivity index (χ4n) is 3.30. The molecule has 1 heterocycles. The summed E-state index contributed by atoms with van der Waals surface area (Å²) >= 11 is 17.3. The van der Waals surface area contributed by atoms with Crippen LogP contribution in [0.5, 0.6) is 0 Å². The molecule has 2 N–H and O–H groups in total. The first kappa shape index (κ1) is 23.7. The molecule has 0 saturated heterocycles. The maximum Gasteiger partial charge on any atom is 0.344 e. The van der Waals surface area contributed by atoms with Crippen LogP contribution >= 0.6 is 35.4 Å². The molecule has 0 bridgehead atoms. The first-order valence-electron chi connectivity index (χ1n) is 10.2. The lowest BCUT2D eigenvalue weighted by molar-refractivity contribution is -0.115. The summed E-state index contributed by atoms with van der Waals surface area (Å²) in [5.74, 6) is -0.424. The molecule has 0 spiro atoms. The molecule has 0 saturated carbocycles. The highest BCUT2D eigenvalue weighted by Crippen LogP contribution is 2.26. The van der Waals surface area contributed by atoms with Gasteiger partial charge in [-0.3, -0.25) is 10.1 Å². The third-order valence-electron chi connectivity index (χ3n) is 5.05. The Morgan fingerprint density at radius 3 is 2.62 bits per heavy atom. The van der Waals surface area contributed by atoms with E-state index in [9.17, 15) is 9.59 Å². The number of hydrogen-bond acceptors (Lipinski definition) is 4. The van der Waals surface area contributed by atoms with E-state index in [0.717, 1.165) is 10.9 Å². The zero-order valence-corrected chi connectivity index (χ0v) is 20.2. The van der Waals surface area contributed by atoms with E-state index in [1.54, 1.807) is 42.5 Å². The molecular weight excluding hydrogens is 491 g/mol. The van der Waals surface area contributed by atoms with Gasteiger partial charge in [-0.25, -0.2) is 4.79 Å². The van der Waals surface area contributed by atoms with Crippen LogP contribution in [0.25, 0.3) is 28.2 Å². The van der Waals surface area contributed by atoms with E-state index >= 15 is 0 Å². The summed E-state index contributed by atoms with van der Waals surface area (Å²) < 4.78 is 5.45. The van der Waals surface area contributed by atoms with Gasteiger partial charge in [0.05, 0.1) is 5.56 Å². The van der Waals surface area contributed by atoms with Gasteiger partial charge in [-0.05, 0) is 72.2 Å². The Balaban J connectivity index is 1.50. The summed E-state index contributed by atoms with van der Waals surface area (Å²) in [6, 6.07) is 19.6. The molecule has 0 aliphatic carbocycles. The number of anilines is 1. The molecule has 3 aromatic carbocycles. The molecule has 170 valence electrons. The monoisotopic (exact) mass is 508 g/mol. The van der Waals surface area contributed by atoms with Gasteiger partial charge in [0.25, 0.3) is 0 Å². The van der Waals surface area contributed by atoms with Gasteiger partial charge >= 0.3 is 5.63 Å². The molecule has 4 rings (SSSR count). The maximum atomic E-state index is 12.5. The number of halogens is 2. The Morgan fingerprint density at radius 1 is 1.03 bits per heavy atom. The Kier molecular flexibility index (Phi) is 7.12. The lowest BCUT2D eigenvalue weighted by Crippen LogP contribution is -2.33. The lowest BCUT2D eigenvalue weighted by Gasteiger charge is -2.12. The van der Waals surface area contributed by atoms with Crippen molar-refractivity contribution in [1.29, 1.82) is 0 Å². The summed E-state index contributed by atoms with van der Waals surface area (Å²) in [5.41, 5.74) is 3.37. The van der Waals surface area contributed by atoms with E-state index in [4.69, 9.17) is 39.8 Å². The Bertz CT molecular complexity index is 1510. The zero-order valence-electron chi connectivity index (χ0n) is 17.9. The number of thiocarbonyl (C=S) groups is 1. The molecule has 0 radical (unpaired) electrons. The van der Waals surface area contributed by atoms with Gasteiger partial charge in [-0.2, -0.15) is 0 Å². The Hall–Kier alpha value is -3.45. The fraction of sp³-hybridized carbons (Fsp3) is 0.0385. The average molecular weight is 509 g/mol. The van der Waals surface area contributed by atoms with Crippen LogP contribution in [0, 0.1) is 6.92 Å². The second kappa shape index (κ2) is 10.2. The fourth-order valence-corrected chi connectivity index (χ4v) is 3.98. The highest BCUT2D eigenvalue weighted by molar-refractivity contribution is 7.80. The summed E-state index contributed by atoms with van der Waals surface area (Å²) in [6.07, 6.45) is 2.90. The average Bonchev–Trinajstić information content (AvgIpc) is 2.79.